The number of carbonyl (C=O) groups is 5. The van der Waals surface area contributed by atoms with Gasteiger partial charge in [-0.15, -0.1) is 0 Å². The fourth-order valence-corrected chi connectivity index (χ4v) is 4.85. The third kappa shape index (κ3) is 16.3. The lowest BCUT2D eigenvalue weighted by molar-refractivity contribution is -0.142. The van der Waals surface area contributed by atoms with E-state index < -0.39 is 66.8 Å². The molecule has 0 aliphatic carbocycles. The fraction of sp³-hybridized carbons (Fsp3) is 0.750. The molecule has 2 N–H and O–H groups in total. The van der Waals surface area contributed by atoms with Crippen LogP contribution in [0.1, 0.15) is 26.2 Å². The molecule has 0 aliphatic heterocycles. The molecule has 2 unspecified atom stereocenters. The molecule has 2 atom stereocenters. The Bertz CT molecular complexity index is 739. The lowest BCUT2D eigenvalue weighted by Crippen LogP contribution is -2.53. The Balaban J connectivity index is 5.51. The van der Waals surface area contributed by atoms with E-state index in [0.29, 0.717) is 0 Å². The van der Waals surface area contributed by atoms with Crippen molar-refractivity contribution in [2.24, 2.45) is 0 Å². The molecule has 10 nitrogen and oxygen atoms in total. The van der Waals surface area contributed by atoms with E-state index in [1.165, 1.54) is 6.92 Å². The second kappa shape index (κ2) is 12.5. The van der Waals surface area contributed by atoms with E-state index in [9.17, 15) is 24.0 Å². The van der Waals surface area contributed by atoms with Crippen LogP contribution in [0.25, 0.3) is 0 Å². The third-order valence-electron chi connectivity index (χ3n) is 3.55. The first-order valence-corrected chi connectivity index (χ1v) is 21.1. The Hall–Kier alpha value is -2.00. The van der Waals surface area contributed by atoms with Gasteiger partial charge in [-0.3, -0.25) is 24.0 Å². The van der Waals surface area contributed by atoms with E-state index in [2.05, 4.69) is 10.6 Å². The highest BCUT2D eigenvalue weighted by Gasteiger charge is 2.33. The van der Waals surface area contributed by atoms with Crippen LogP contribution in [0.2, 0.25) is 58.9 Å². The molecule has 0 fully saturated rings. The molecular formula is C20H40N2O8Si3. The topological polar surface area (TPSA) is 137 Å². The summed E-state index contributed by atoms with van der Waals surface area (Å²) in [7, 11) is -6.59. The van der Waals surface area contributed by atoms with Crippen LogP contribution in [0.3, 0.4) is 0 Å². The number of nitrogens with one attached hydrogen (secondary N) is 2. The largest absolute Gasteiger partial charge is 0.520 e. The van der Waals surface area contributed by atoms with Gasteiger partial charge in [-0.05, 0) is 65.3 Å². The van der Waals surface area contributed by atoms with Gasteiger partial charge in [0.05, 0.1) is 6.42 Å². The van der Waals surface area contributed by atoms with Crippen molar-refractivity contribution < 1.29 is 37.3 Å². The number of hydrogen-bond donors (Lipinski definition) is 2. The number of amides is 2. The van der Waals surface area contributed by atoms with Crippen LogP contribution >= 0.6 is 0 Å². The standard InChI is InChI=1S/C20H40N2O8Si3/c1-14(23)21-16(13-18(25)29-32(5,6)7)19(26)22-15(20(27)30-33(8,9)10)11-12-17(24)28-31(2,3)4/h15-16H,11-13H2,1-10H3,(H,21,23)(H,22,26). The summed E-state index contributed by atoms with van der Waals surface area (Å²) >= 11 is 0. The molecule has 0 aliphatic rings. The quantitative estimate of drug-likeness (QED) is 0.374. The van der Waals surface area contributed by atoms with Gasteiger partial charge in [0.2, 0.25) is 36.8 Å². The smallest absolute Gasteiger partial charge is 0.315 e. The molecule has 13 heteroatoms. The first kappa shape index (κ1) is 31.0. The van der Waals surface area contributed by atoms with Crippen molar-refractivity contribution in [2.75, 3.05) is 0 Å². The highest BCUT2D eigenvalue weighted by atomic mass is 28.4. The average Bonchev–Trinajstić information content (AvgIpc) is 2.52. The van der Waals surface area contributed by atoms with Crippen molar-refractivity contribution in [1.29, 1.82) is 0 Å². The molecule has 0 saturated heterocycles. The zero-order valence-electron chi connectivity index (χ0n) is 21.5. The van der Waals surface area contributed by atoms with Crippen molar-refractivity contribution in [3.63, 3.8) is 0 Å². The molecule has 0 aromatic heterocycles. The van der Waals surface area contributed by atoms with Crippen LogP contribution in [0.4, 0.5) is 0 Å². The van der Waals surface area contributed by atoms with Crippen LogP contribution in [0.5, 0.6) is 0 Å². The maximum Gasteiger partial charge on any atom is 0.315 e. The molecule has 2 amide bonds. The van der Waals surface area contributed by atoms with Gasteiger partial charge in [0.25, 0.3) is 11.9 Å². The fourth-order valence-electron chi connectivity index (χ4n) is 2.55. The second-order valence-electron chi connectivity index (χ2n) is 10.8. The monoisotopic (exact) mass is 520 g/mol. The van der Waals surface area contributed by atoms with Gasteiger partial charge in [-0.25, -0.2) is 0 Å². The van der Waals surface area contributed by atoms with Crippen molar-refractivity contribution in [2.45, 2.75) is 97.2 Å². The minimum Gasteiger partial charge on any atom is -0.520 e. The zero-order valence-corrected chi connectivity index (χ0v) is 24.5. The third-order valence-corrected chi connectivity index (χ3v) is 6.04. The summed E-state index contributed by atoms with van der Waals surface area (Å²) in [6.45, 7) is 17.7. The normalized spacial score (nSPS) is 13.9. The molecule has 0 bridgehead atoms. The summed E-state index contributed by atoms with van der Waals surface area (Å²) in [6, 6.07) is -2.37. The average molecular weight is 521 g/mol. The van der Waals surface area contributed by atoms with Crippen molar-refractivity contribution >= 4 is 54.7 Å². The Kier molecular flexibility index (Phi) is 11.7. The summed E-state index contributed by atoms with van der Waals surface area (Å²) in [5.41, 5.74) is 0. The minimum absolute atomic E-state index is 0.0372. The minimum atomic E-state index is -2.28. The van der Waals surface area contributed by atoms with Gasteiger partial charge in [-0.1, -0.05) is 0 Å². The summed E-state index contributed by atoms with van der Waals surface area (Å²) in [4.78, 5) is 61.6. The second-order valence-corrected chi connectivity index (χ2v) is 24.1. The first-order valence-electron chi connectivity index (χ1n) is 10.9. The zero-order chi connectivity index (χ0) is 26.2. The van der Waals surface area contributed by atoms with Gasteiger partial charge in [-0.2, -0.15) is 0 Å². The van der Waals surface area contributed by atoms with Gasteiger partial charge in [0.15, 0.2) is 0 Å². The molecule has 0 saturated carbocycles. The van der Waals surface area contributed by atoms with Gasteiger partial charge < -0.3 is 23.9 Å². The van der Waals surface area contributed by atoms with E-state index in [0.717, 1.165) is 0 Å². The van der Waals surface area contributed by atoms with Gasteiger partial charge in [0, 0.05) is 13.3 Å². The van der Waals surface area contributed by atoms with Crippen LogP contribution in [-0.2, 0) is 37.3 Å². The van der Waals surface area contributed by atoms with Gasteiger partial charge in [0.1, 0.15) is 12.1 Å². The van der Waals surface area contributed by atoms with Crippen LogP contribution < -0.4 is 10.6 Å². The van der Waals surface area contributed by atoms with E-state index >= 15 is 0 Å². The maximum absolute atomic E-state index is 12.9. The molecular weight excluding hydrogens is 480 g/mol. The molecule has 0 rings (SSSR count). The van der Waals surface area contributed by atoms with E-state index in [1.807, 2.05) is 58.9 Å². The molecule has 190 valence electrons. The Morgan fingerprint density at radius 3 is 1.55 bits per heavy atom. The number of rotatable bonds is 12. The summed E-state index contributed by atoms with van der Waals surface area (Å²) in [5, 5.41) is 4.95. The van der Waals surface area contributed by atoms with E-state index in [1.54, 1.807) is 0 Å². The maximum atomic E-state index is 12.9. The van der Waals surface area contributed by atoms with Crippen LogP contribution in [-0.4, -0.2) is 66.8 Å². The predicted molar refractivity (Wildman–Crippen MR) is 132 cm³/mol. The SMILES string of the molecule is CC(=O)NC(CC(=O)O[Si](C)(C)C)C(=O)NC(CCC(=O)O[Si](C)(C)C)C(=O)O[Si](C)(C)C. The number of hydrogen-bond acceptors (Lipinski definition) is 8. The molecule has 0 spiro atoms. The first-order chi connectivity index (χ1) is 14.7. The highest BCUT2D eigenvalue weighted by molar-refractivity contribution is 6.72. The van der Waals surface area contributed by atoms with Crippen LogP contribution in [0, 0.1) is 0 Å². The summed E-state index contributed by atoms with van der Waals surface area (Å²) in [5.74, 6) is -3.02. The highest BCUT2D eigenvalue weighted by Crippen LogP contribution is 2.12. The lowest BCUT2D eigenvalue weighted by Gasteiger charge is -2.26. The molecule has 0 heterocycles. The van der Waals surface area contributed by atoms with Crippen LogP contribution in [0.15, 0.2) is 0 Å². The van der Waals surface area contributed by atoms with Crippen molar-refractivity contribution in [3.8, 4) is 0 Å². The summed E-state index contributed by atoms with van der Waals surface area (Å²) in [6.07, 6.45) is -0.522. The molecule has 33 heavy (non-hydrogen) atoms. The van der Waals surface area contributed by atoms with Crippen molar-refractivity contribution in [3.05, 3.63) is 0 Å². The Labute approximate surface area is 199 Å². The Morgan fingerprint density at radius 1 is 0.667 bits per heavy atom. The summed E-state index contributed by atoms with van der Waals surface area (Å²) < 4.78 is 16.3. The molecule has 0 aromatic rings. The molecule has 0 aromatic carbocycles. The number of carbonyl (C=O) groups excluding carboxylic acids is 5. The van der Waals surface area contributed by atoms with E-state index in [-0.39, 0.29) is 19.3 Å². The Morgan fingerprint density at radius 2 is 1.12 bits per heavy atom. The lowest BCUT2D eigenvalue weighted by atomic mass is 10.1. The van der Waals surface area contributed by atoms with Crippen molar-refractivity contribution in [1.82, 2.24) is 10.6 Å². The van der Waals surface area contributed by atoms with E-state index in [4.69, 9.17) is 13.3 Å². The molecule has 0 radical (unpaired) electrons. The predicted octanol–water partition coefficient (Wildman–Crippen LogP) is 2.28. The van der Waals surface area contributed by atoms with Gasteiger partial charge >= 0.3 is 5.97 Å².